The third-order valence-electron chi connectivity index (χ3n) is 3.43. The Morgan fingerprint density at radius 2 is 1.96 bits per heavy atom. The molecule has 0 radical (unpaired) electrons. The number of amides is 1. The largest absolute Gasteiger partial charge is 0.349 e. The molecule has 0 bridgehead atoms. The van der Waals surface area contributed by atoms with Crippen LogP contribution in [0.4, 0.5) is 0 Å². The van der Waals surface area contributed by atoms with E-state index in [2.05, 4.69) is 10.3 Å². The minimum Gasteiger partial charge on any atom is -0.349 e. The number of benzene rings is 1. The molecule has 1 unspecified atom stereocenters. The van der Waals surface area contributed by atoms with Crippen molar-refractivity contribution in [2.24, 2.45) is 0 Å². The van der Waals surface area contributed by atoms with Crippen molar-refractivity contribution in [1.29, 1.82) is 0 Å². The number of carbonyl (C=O) groups is 1. The first-order valence-corrected chi connectivity index (χ1v) is 10.1. The van der Waals surface area contributed by atoms with Crippen LogP contribution in [0.2, 0.25) is 0 Å². The van der Waals surface area contributed by atoms with Gasteiger partial charge >= 0.3 is 0 Å². The van der Waals surface area contributed by atoms with Crippen LogP contribution >= 0.6 is 23.6 Å². The van der Waals surface area contributed by atoms with Gasteiger partial charge < -0.3 is 10.3 Å². The molecule has 8 heteroatoms. The predicted molar refractivity (Wildman–Crippen MR) is 94.1 cm³/mol. The smallest absolute Gasteiger partial charge is 0.225 e. The number of carbonyl (C=O) groups excluding carboxylic acids is 1. The molecule has 2 rings (SSSR count). The molecule has 0 aliphatic rings. The van der Waals surface area contributed by atoms with E-state index in [-0.39, 0.29) is 23.3 Å². The summed E-state index contributed by atoms with van der Waals surface area (Å²) in [5.74, 6) is -0.0990. The fraction of sp³-hybridized carbons (Fsp3) is 0.333. The van der Waals surface area contributed by atoms with E-state index < -0.39 is 9.84 Å². The number of nitrogens with one attached hydrogen (secondary N) is 2. The fourth-order valence-electron chi connectivity index (χ4n) is 2.13. The van der Waals surface area contributed by atoms with Crippen molar-refractivity contribution >= 4 is 39.3 Å². The maximum atomic E-state index is 12.1. The molecule has 0 fully saturated rings. The van der Waals surface area contributed by atoms with Crippen molar-refractivity contribution in [1.82, 2.24) is 10.3 Å². The zero-order valence-corrected chi connectivity index (χ0v) is 15.5. The number of hydrogen-bond donors (Lipinski definition) is 2. The van der Waals surface area contributed by atoms with E-state index in [0.717, 1.165) is 16.1 Å². The van der Waals surface area contributed by atoms with E-state index in [1.165, 1.54) is 17.6 Å². The van der Waals surface area contributed by atoms with Gasteiger partial charge in [-0.1, -0.05) is 12.1 Å². The van der Waals surface area contributed by atoms with Crippen LogP contribution in [0, 0.1) is 10.9 Å². The molecular formula is C15H18N2O3S3. The Morgan fingerprint density at radius 1 is 1.35 bits per heavy atom. The van der Waals surface area contributed by atoms with Crippen LogP contribution in [0.1, 0.15) is 29.1 Å². The minimum absolute atomic E-state index is 0.0990. The van der Waals surface area contributed by atoms with Gasteiger partial charge in [-0.05, 0) is 43.8 Å². The number of sulfone groups is 1. The Hall–Kier alpha value is -1.51. The highest BCUT2D eigenvalue weighted by molar-refractivity contribution is 7.90. The highest BCUT2D eigenvalue weighted by Gasteiger charge is 2.14. The Morgan fingerprint density at radius 3 is 2.43 bits per heavy atom. The summed E-state index contributed by atoms with van der Waals surface area (Å²) in [6.07, 6.45) is 1.44. The molecule has 0 aliphatic carbocycles. The zero-order chi connectivity index (χ0) is 17.2. The lowest BCUT2D eigenvalue weighted by molar-refractivity contribution is -0.121. The Balaban J connectivity index is 2.03. The normalized spacial score (nSPS) is 12.8. The summed E-state index contributed by atoms with van der Waals surface area (Å²) in [7, 11) is -3.21. The van der Waals surface area contributed by atoms with E-state index in [1.54, 1.807) is 24.3 Å². The highest BCUT2D eigenvalue weighted by Crippen LogP contribution is 2.18. The van der Waals surface area contributed by atoms with Crippen LogP contribution in [0.3, 0.4) is 0 Å². The number of thiazole rings is 1. The highest BCUT2D eigenvalue weighted by atomic mass is 32.2. The van der Waals surface area contributed by atoms with Crippen LogP contribution in [-0.2, 0) is 21.1 Å². The van der Waals surface area contributed by atoms with Gasteiger partial charge in [-0.2, -0.15) is 0 Å². The second kappa shape index (κ2) is 6.94. The van der Waals surface area contributed by atoms with E-state index in [1.807, 2.05) is 13.8 Å². The Bertz CT molecular complexity index is 864. The second-order valence-corrected chi connectivity index (χ2v) is 9.16. The molecule has 5 nitrogen and oxygen atoms in total. The van der Waals surface area contributed by atoms with Gasteiger partial charge in [0.2, 0.25) is 5.91 Å². The van der Waals surface area contributed by atoms with Crippen molar-refractivity contribution in [3.05, 3.63) is 44.4 Å². The molecule has 1 amide bonds. The first-order chi connectivity index (χ1) is 10.7. The van der Waals surface area contributed by atoms with Crippen LogP contribution < -0.4 is 5.32 Å². The lowest BCUT2D eigenvalue weighted by Crippen LogP contribution is -2.28. The average Bonchev–Trinajstić information content (AvgIpc) is 2.75. The number of rotatable bonds is 5. The van der Waals surface area contributed by atoms with Crippen molar-refractivity contribution in [2.45, 2.75) is 31.2 Å². The minimum atomic E-state index is -3.21. The third kappa shape index (κ3) is 4.73. The van der Waals surface area contributed by atoms with Crippen LogP contribution in [-0.4, -0.2) is 25.6 Å². The predicted octanol–water partition coefficient (Wildman–Crippen LogP) is 2.94. The number of aromatic nitrogens is 1. The summed E-state index contributed by atoms with van der Waals surface area (Å²) in [6, 6.07) is 6.33. The fourth-order valence-corrected chi connectivity index (χ4v) is 4.05. The van der Waals surface area contributed by atoms with E-state index >= 15 is 0 Å². The lowest BCUT2D eigenvalue weighted by Gasteiger charge is -2.14. The SMILES string of the molecule is Cc1[nH]c(=S)sc1CC(=O)NC(C)c1ccc(S(C)(=O)=O)cc1. The van der Waals surface area contributed by atoms with Crippen LogP contribution in [0.15, 0.2) is 29.2 Å². The maximum Gasteiger partial charge on any atom is 0.225 e. The average molecular weight is 371 g/mol. The molecule has 2 aromatic rings. The van der Waals surface area contributed by atoms with Gasteiger partial charge in [-0.15, -0.1) is 11.3 Å². The number of aromatic amines is 1. The maximum absolute atomic E-state index is 12.1. The standard InChI is InChI=1S/C15H18N2O3S3/c1-9(11-4-6-12(7-5-11)23(3,19)20)16-14(18)8-13-10(2)17-15(21)22-13/h4-7,9H,8H2,1-3H3,(H,16,18)(H,17,21). The molecule has 23 heavy (non-hydrogen) atoms. The molecule has 0 saturated carbocycles. The van der Waals surface area contributed by atoms with Crippen molar-refractivity contribution in [2.75, 3.05) is 6.26 Å². The second-order valence-electron chi connectivity index (χ2n) is 5.37. The molecule has 1 atom stereocenters. The lowest BCUT2D eigenvalue weighted by atomic mass is 10.1. The van der Waals surface area contributed by atoms with Gasteiger partial charge in [-0.25, -0.2) is 8.42 Å². The monoisotopic (exact) mass is 370 g/mol. The molecule has 1 heterocycles. The van der Waals surface area contributed by atoms with Gasteiger partial charge in [0.15, 0.2) is 13.8 Å². The number of aryl methyl sites for hydroxylation is 1. The molecule has 124 valence electrons. The summed E-state index contributed by atoms with van der Waals surface area (Å²) >= 11 is 6.46. The summed E-state index contributed by atoms with van der Waals surface area (Å²) in [6.45, 7) is 3.75. The molecule has 0 saturated heterocycles. The molecule has 0 aliphatic heterocycles. The van der Waals surface area contributed by atoms with Gasteiger partial charge in [0.1, 0.15) is 0 Å². The van der Waals surface area contributed by atoms with Crippen LogP contribution in [0.5, 0.6) is 0 Å². The van der Waals surface area contributed by atoms with Gasteiger partial charge in [0.05, 0.1) is 17.4 Å². The van der Waals surface area contributed by atoms with Crippen molar-refractivity contribution in [3.63, 3.8) is 0 Å². The third-order valence-corrected chi connectivity index (χ3v) is 5.90. The zero-order valence-electron chi connectivity index (χ0n) is 13.0. The Kier molecular flexibility index (Phi) is 5.38. The summed E-state index contributed by atoms with van der Waals surface area (Å²) in [5, 5.41) is 2.91. The molecule has 1 aromatic heterocycles. The van der Waals surface area contributed by atoms with Crippen molar-refractivity contribution < 1.29 is 13.2 Å². The quantitative estimate of drug-likeness (QED) is 0.793. The van der Waals surface area contributed by atoms with E-state index in [4.69, 9.17) is 12.2 Å². The van der Waals surface area contributed by atoms with Crippen LogP contribution in [0.25, 0.3) is 0 Å². The first-order valence-electron chi connectivity index (χ1n) is 6.95. The van der Waals surface area contributed by atoms with E-state index in [9.17, 15) is 13.2 Å². The topological polar surface area (TPSA) is 79.0 Å². The summed E-state index contributed by atoms with van der Waals surface area (Å²) in [5.41, 5.74) is 1.77. The summed E-state index contributed by atoms with van der Waals surface area (Å²) < 4.78 is 23.6. The molecular weight excluding hydrogens is 352 g/mol. The van der Waals surface area contributed by atoms with E-state index in [0.29, 0.717) is 3.95 Å². The summed E-state index contributed by atoms with van der Waals surface area (Å²) in [4.78, 5) is 16.3. The van der Waals surface area contributed by atoms with Gasteiger partial charge in [0, 0.05) is 16.8 Å². The van der Waals surface area contributed by atoms with Crippen molar-refractivity contribution in [3.8, 4) is 0 Å². The van der Waals surface area contributed by atoms with Gasteiger partial charge in [0.25, 0.3) is 0 Å². The molecule has 1 aromatic carbocycles. The number of hydrogen-bond acceptors (Lipinski definition) is 5. The molecule has 2 N–H and O–H groups in total. The Labute approximate surface area is 144 Å². The first kappa shape index (κ1) is 17.8. The van der Waals surface area contributed by atoms with Gasteiger partial charge in [-0.3, -0.25) is 4.79 Å². The molecule has 0 spiro atoms. The number of H-pyrrole nitrogens is 1.